The van der Waals surface area contributed by atoms with Crippen molar-refractivity contribution in [3.63, 3.8) is 0 Å². The molecule has 3 aliphatic rings. The van der Waals surface area contributed by atoms with E-state index in [1.807, 2.05) is 19.0 Å². The highest BCUT2D eigenvalue weighted by molar-refractivity contribution is 6.07. The van der Waals surface area contributed by atoms with Crippen LogP contribution in [0.4, 0.5) is 0 Å². The molecule has 6 nitrogen and oxygen atoms in total. The maximum Gasteiger partial charge on any atom is 0.254 e. The number of amides is 1. The van der Waals surface area contributed by atoms with Gasteiger partial charge in [-0.1, -0.05) is 12.1 Å². The van der Waals surface area contributed by atoms with Gasteiger partial charge in [-0.05, 0) is 43.9 Å². The van der Waals surface area contributed by atoms with E-state index < -0.39 is 5.54 Å². The van der Waals surface area contributed by atoms with E-state index in [-0.39, 0.29) is 11.5 Å². The largest absolute Gasteiger partial charge is 0.487 e. The molecule has 1 aromatic rings. The molecule has 1 amide bonds. The molecule has 1 spiro atoms. The van der Waals surface area contributed by atoms with Gasteiger partial charge < -0.3 is 9.64 Å². The van der Waals surface area contributed by atoms with E-state index in [1.54, 1.807) is 0 Å². The number of carbonyl (C=O) groups excluding carboxylic acids is 1. The summed E-state index contributed by atoms with van der Waals surface area (Å²) in [5, 5.41) is 2.92. The number of hydrogen-bond acceptors (Lipinski definition) is 5. The van der Waals surface area contributed by atoms with E-state index in [9.17, 15) is 4.79 Å². The molecule has 1 fully saturated rings. The van der Waals surface area contributed by atoms with Gasteiger partial charge in [-0.15, -0.1) is 0 Å². The van der Waals surface area contributed by atoms with Gasteiger partial charge in [0.25, 0.3) is 5.91 Å². The second kappa shape index (κ2) is 5.98. The summed E-state index contributed by atoms with van der Waals surface area (Å²) in [4.78, 5) is 21.4. The van der Waals surface area contributed by atoms with Crippen LogP contribution in [0.3, 0.4) is 0 Å². The topological polar surface area (TPSA) is 57.2 Å². The molecule has 4 rings (SSSR count). The minimum absolute atomic E-state index is 0.0535. The summed E-state index contributed by atoms with van der Waals surface area (Å²) in [7, 11) is 3.82. The average Bonchev–Trinajstić information content (AvgIpc) is 3.05. The summed E-state index contributed by atoms with van der Waals surface area (Å²) in [6.45, 7) is 6.95. The van der Waals surface area contributed by atoms with Crippen molar-refractivity contribution >= 4 is 11.9 Å². The summed E-state index contributed by atoms with van der Waals surface area (Å²) in [5.74, 6) is 1.76. The number of piperidine rings is 1. The van der Waals surface area contributed by atoms with Crippen LogP contribution in [-0.2, 0) is 17.8 Å². The van der Waals surface area contributed by atoms with Crippen molar-refractivity contribution in [3.05, 3.63) is 29.3 Å². The predicted octanol–water partition coefficient (Wildman–Crippen LogP) is 1.78. The number of aliphatic imine (C=N–C) groups is 1. The molecule has 0 atom stereocenters. The van der Waals surface area contributed by atoms with Crippen molar-refractivity contribution in [2.75, 3.05) is 27.2 Å². The molecule has 0 aliphatic carbocycles. The van der Waals surface area contributed by atoms with E-state index in [1.165, 1.54) is 11.1 Å². The maximum atomic E-state index is 12.4. The fourth-order valence-corrected chi connectivity index (χ4v) is 4.15. The van der Waals surface area contributed by atoms with Crippen LogP contribution in [0, 0.1) is 0 Å². The zero-order chi connectivity index (χ0) is 18.5. The number of likely N-dealkylation sites (tertiary alicyclic amines) is 1. The van der Waals surface area contributed by atoms with E-state index in [0.717, 1.165) is 44.6 Å². The van der Waals surface area contributed by atoms with Gasteiger partial charge in [0, 0.05) is 40.2 Å². The number of carbonyl (C=O) groups is 1. The van der Waals surface area contributed by atoms with E-state index >= 15 is 0 Å². The maximum absolute atomic E-state index is 12.4. The highest BCUT2D eigenvalue weighted by Gasteiger charge is 2.46. The van der Waals surface area contributed by atoms with Crippen molar-refractivity contribution in [1.82, 2.24) is 15.1 Å². The molecule has 0 unspecified atom stereocenters. The van der Waals surface area contributed by atoms with Crippen molar-refractivity contribution in [2.45, 2.75) is 50.8 Å². The monoisotopic (exact) mass is 356 g/mol. The molecule has 0 aromatic heterocycles. The number of ether oxygens (including phenoxy) is 1. The van der Waals surface area contributed by atoms with E-state index in [0.29, 0.717) is 5.96 Å². The lowest BCUT2D eigenvalue weighted by Gasteiger charge is -2.35. The Morgan fingerprint density at radius 3 is 2.65 bits per heavy atom. The Bertz CT molecular complexity index is 761. The van der Waals surface area contributed by atoms with Gasteiger partial charge >= 0.3 is 0 Å². The minimum atomic E-state index is -0.564. The molecule has 140 valence electrons. The zero-order valence-electron chi connectivity index (χ0n) is 16.1. The summed E-state index contributed by atoms with van der Waals surface area (Å²) in [6, 6.07) is 6.54. The smallest absolute Gasteiger partial charge is 0.254 e. The zero-order valence-corrected chi connectivity index (χ0v) is 16.1. The number of rotatable bonds is 2. The summed E-state index contributed by atoms with van der Waals surface area (Å²) in [6.07, 6.45) is 2.51. The Morgan fingerprint density at radius 1 is 1.27 bits per heavy atom. The fraction of sp³-hybridized carbons (Fsp3) is 0.600. The highest BCUT2D eigenvalue weighted by atomic mass is 16.5. The number of nitrogens with zero attached hydrogens (tertiary/aromatic N) is 3. The number of guanidine groups is 1. The fourth-order valence-electron chi connectivity index (χ4n) is 4.15. The molecule has 3 aliphatic heterocycles. The summed E-state index contributed by atoms with van der Waals surface area (Å²) < 4.78 is 5.97. The van der Waals surface area contributed by atoms with Crippen molar-refractivity contribution in [3.8, 4) is 5.75 Å². The first-order chi connectivity index (χ1) is 12.3. The van der Waals surface area contributed by atoms with Crippen LogP contribution in [0.25, 0.3) is 0 Å². The summed E-state index contributed by atoms with van der Waals surface area (Å²) in [5.41, 5.74) is 1.95. The lowest BCUT2D eigenvalue weighted by molar-refractivity contribution is -0.125. The minimum Gasteiger partial charge on any atom is -0.487 e. The van der Waals surface area contributed by atoms with E-state index in [2.05, 4.69) is 42.3 Å². The molecule has 3 heterocycles. The first-order valence-electron chi connectivity index (χ1n) is 9.38. The third-order valence-corrected chi connectivity index (χ3v) is 5.61. The standard InChI is InChI=1S/C20H28N4O2/c1-19(2)12-15-11-14(5-6-16(15)26-19)13-24-9-7-20(8-10-24)17(25)21-18(22-20)23(3)4/h5-6,11H,7-10,12-13H2,1-4H3,(H,21,22,25). The van der Waals surface area contributed by atoms with Gasteiger partial charge in [0.1, 0.15) is 16.9 Å². The summed E-state index contributed by atoms with van der Waals surface area (Å²) >= 11 is 0. The molecule has 6 heteroatoms. The van der Waals surface area contributed by atoms with Gasteiger partial charge in [-0.3, -0.25) is 15.0 Å². The third-order valence-electron chi connectivity index (χ3n) is 5.61. The molecule has 0 radical (unpaired) electrons. The second-order valence-corrected chi connectivity index (χ2v) is 8.57. The molecule has 1 saturated heterocycles. The van der Waals surface area contributed by atoms with Crippen molar-refractivity contribution in [1.29, 1.82) is 0 Å². The van der Waals surface area contributed by atoms with Crippen molar-refractivity contribution < 1.29 is 9.53 Å². The van der Waals surface area contributed by atoms with Crippen LogP contribution >= 0.6 is 0 Å². The molecular weight excluding hydrogens is 328 g/mol. The molecule has 0 saturated carbocycles. The van der Waals surface area contributed by atoms with E-state index in [4.69, 9.17) is 9.73 Å². The predicted molar refractivity (Wildman–Crippen MR) is 101 cm³/mol. The lowest BCUT2D eigenvalue weighted by Crippen LogP contribution is -2.49. The number of hydrogen-bond donors (Lipinski definition) is 1. The van der Waals surface area contributed by atoms with Crippen LogP contribution in [-0.4, -0.2) is 60.0 Å². The second-order valence-electron chi connectivity index (χ2n) is 8.57. The van der Waals surface area contributed by atoms with Crippen LogP contribution in [0.5, 0.6) is 5.75 Å². The number of fused-ring (bicyclic) bond motifs is 1. The molecular formula is C20H28N4O2. The third kappa shape index (κ3) is 3.07. The Labute approximate surface area is 155 Å². The first kappa shape index (κ1) is 17.3. The lowest BCUT2D eigenvalue weighted by atomic mass is 9.88. The van der Waals surface area contributed by atoms with Crippen LogP contribution in [0.2, 0.25) is 0 Å². The van der Waals surface area contributed by atoms with Gasteiger partial charge in [0.05, 0.1) is 0 Å². The van der Waals surface area contributed by atoms with Gasteiger partial charge in [0.15, 0.2) is 0 Å². The van der Waals surface area contributed by atoms with Crippen molar-refractivity contribution in [2.24, 2.45) is 4.99 Å². The Kier molecular flexibility index (Phi) is 3.99. The van der Waals surface area contributed by atoms with Gasteiger partial charge in [0.2, 0.25) is 5.96 Å². The Morgan fingerprint density at radius 2 is 2.00 bits per heavy atom. The molecule has 0 bridgehead atoms. The SMILES string of the molecule is CN(C)C1=NC2(CCN(Cc3ccc4c(c3)CC(C)(C)O4)CC2)C(=O)N1. The van der Waals surface area contributed by atoms with Gasteiger partial charge in [-0.2, -0.15) is 0 Å². The Hall–Kier alpha value is -2.08. The van der Waals surface area contributed by atoms with Gasteiger partial charge in [-0.25, -0.2) is 4.99 Å². The molecule has 1 N–H and O–H groups in total. The molecule has 1 aromatic carbocycles. The Balaban J connectivity index is 1.40. The van der Waals surface area contributed by atoms with Crippen LogP contribution in [0.1, 0.15) is 37.8 Å². The number of benzene rings is 1. The van der Waals surface area contributed by atoms with Crippen LogP contribution < -0.4 is 10.1 Å². The number of nitrogens with one attached hydrogen (secondary N) is 1. The van der Waals surface area contributed by atoms with Crippen LogP contribution in [0.15, 0.2) is 23.2 Å². The average molecular weight is 356 g/mol. The first-order valence-corrected chi connectivity index (χ1v) is 9.38. The highest BCUT2D eigenvalue weighted by Crippen LogP contribution is 2.36. The normalized spacial score (nSPS) is 23.4. The molecule has 26 heavy (non-hydrogen) atoms. The quantitative estimate of drug-likeness (QED) is 0.878.